The van der Waals surface area contributed by atoms with E-state index >= 15 is 0 Å². The molecule has 2 N–H and O–H groups in total. The summed E-state index contributed by atoms with van der Waals surface area (Å²) in [7, 11) is 1.60. The quantitative estimate of drug-likeness (QED) is 0.329. The number of aliphatic carboxylic acids is 1. The molecule has 0 aliphatic carbocycles. The van der Waals surface area contributed by atoms with Gasteiger partial charge in [-0.15, -0.1) is 0 Å². The van der Waals surface area contributed by atoms with E-state index in [1.165, 1.54) is 0 Å². The molecular weight excluding hydrogens is 310 g/mol. The van der Waals surface area contributed by atoms with Crippen molar-refractivity contribution in [2.75, 3.05) is 33.3 Å². The number of methoxy groups -OCH3 is 1. The Morgan fingerprint density at radius 3 is 2.09 bits per heavy atom. The zero-order valence-electron chi connectivity index (χ0n) is 14.5. The average Bonchev–Trinajstić information content (AvgIpc) is 2.39. The standard InChI is InChI=1S/C13H26N2O5.2Na/c1-4-5-6-7-14(11(2)20-3)8-9-15(13(18)19)10-12(16)17;;/h11H,4-10H2,1-3H3,(H,16,17)(H,18,19);;. The summed E-state index contributed by atoms with van der Waals surface area (Å²) < 4.78 is 5.26. The third kappa shape index (κ3) is 13.1. The monoisotopic (exact) mass is 336 g/mol. The molecule has 1 amide bonds. The molecular formula is C13H26N2Na2O5. The zero-order valence-corrected chi connectivity index (χ0v) is 18.5. The molecule has 0 fully saturated rings. The molecule has 0 aliphatic rings. The Kier molecular flexibility index (Phi) is 20.6. The van der Waals surface area contributed by atoms with Crippen molar-refractivity contribution in [2.24, 2.45) is 0 Å². The molecule has 1 unspecified atom stereocenters. The van der Waals surface area contributed by atoms with Crippen LogP contribution in [0.3, 0.4) is 0 Å². The van der Waals surface area contributed by atoms with E-state index < -0.39 is 18.6 Å². The van der Waals surface area contributed by atoms with Crippen LogP contribution in [0, 0.1) is 0 Å². The second kappa shape index (κ2) is 16.5. The van der Waals surface area contributed by atoms with Gasteiger partial charge in [-0.3, -0.25) is 14.6 Å². The molecule has 0 bridgehead atoms. The van der Waals surface area contributed by atoms with Crippen LogP contribution in [0.5, 0.6) is 0 Å². The number of hydrogen-bond donors (Lipinski definition) is 2. The smallest absolute Gasteiger partial charge is 0.407 e. The number of ether oxygens (including phenoxy) is 1. The minimum atomic E-state index is -1.22. The summed E-state index contributed by atoms with van der Waals surface area (Å²) in [6.45, 7) is 4.93. The molecule has 1 atom stereocenters. The van der Waals surface area contributed by atoms with Crippen molar-refractivity contribution in [3.8, 4) is 0 Å². The normalized spacial score (nSPS) is 11.3. The van der Waals surface area contributed by atoms with Gasteiger partial charge in [0.05, 0.1) is 0 Å². The van der Waals surface area contributed by atoms with Gasteiger partial charge in [-0.25, -0.2) is 4.79 Å². The Morgan fingerprint density at radius 1 is 1.09 bits per heavy atom. The summed E-state index contributed by atoms with van der Waals surface area (Å²) in [6.07, 6.45) is 1.88. The van der Waals surface area contributed by atoms with Gasteiger partial charge in [-0.2, -0.15) is 0 Å². The predicted octanol–water partition coefficient (Wildman–Crippen LogP) is 0.774. The van der Waals surface area contributed by atoms with Crippen LogP contribution in [0.1, 0.15) is 33.1 Å². The molecule has 120 valence electrons. The van der Waals surface area contributed by atoms with Crippen LogP contribution >= 0.6 is 0 Å². The van der Waals surface area contributed by atoms with Gasteiger partial charge in [0.15, 0.2) is 0 Å². The minimum absolute atomic E-state index is 0. The number of nitrogens with zero attached hydrogens (tertiary/aromatic N) is 2. The molecule has 2 radical (unpaired) electrons. The number of carbonyl (C=O) groups is 2. The first-order chi connectivity index (χ1) is 9.42. The second-order valence-electron chi connectivity index (χ2n) is 4.68. The first-order valence-electron chi connectivity index (χ1n) is 6.88. The molecule has 0 aromatic heterocycles. The number of unbranched alkanes of at least 4 members (excludes halogenated alkanes) is 2. The van der Waals surface area contributed by atoms with E-state index in [1.807, 2.05) is 11.8 Å². The summed E-state index contributed by atoms with van der Waals surface area (Å²) in [6, 6.07) is 0. The van der Waals surface area contributed by atoms with E-state index in [9.17, 15) is 9.59 Å². The number of hydrogen-bond acceptors (Lipinski definition) is 4. The van der Waals surface area contributed by atoms with Gasteiger partial charge in [-0.1, -0.05) is 19.8 Å². The van der Waals surface area contributed by atoms with E-state index in [0.717, 1.165) is 30.7 Å². The molecule has 22 heavy (non-hydrogen) atoms. The number of rotatable bonds is 11. The number of amides is 1. The van der Waals surface area contributed by atoms with Gasteiger partial charge in [-0.05, 0) is 13.3 Å². The van der Waals surface area contributed by atoms with Gasteiger partial charge < -0.3 is 14.9 Å². The van der Waals surface area contributed by atoms with Crippen LogP contribution in [-0.2, 0) is 9.53 Å². The second-order valence-corrected chi connectivity index (χ2v) is 4.68. The topological polar surface area (TPSA) is 90.3 Å². The number of carboxylic acids is 1. The largest absolute Gasteiger partial charge is 0.480 e. The molecule has 0 saturated carbocycles. The van der Waals surface area contributed by atoms with Gasteiger partial charge in [0.2, 0.25) is 0 Å². The molecule has 0 aliphatic heterocycles. The van der Waals surface area contributed by atoms with Crippen molar-refractivity contribution >= 4 is 71.2 Å². The third-order valence-corrected chi connectivity index (χ3v) is 3.16. The Balaban J connectivity index is -0.00000180. The van der Waals surface area contributed by atoms with Crippen molar-refractivity contribution in [3.05, 3.63) is 0 Å². The van der Waals surface area contributed by atoms with E-state index in [-0.39, 0.29) is 71.9 Å². The van der Waals surface area contributed by atoms with E-state index in [0.29, 0.717) is 6.54 Å². The minimum Gasteiger partial charge on any atom is -0.480 e. The van der Waals surface area contributed by atoms with Crippen LogP contribution < -0.4 is 0 Å². The predicted molar refractivity (Wildman–Crippen MR) is 86.3 cm³/mol. The summed E-state index contributed by atoms with van der Waals surface area (Å²) in [5.41, 5.74) is 0. The SMILES string of the molecule is CCCCCN(CCN(CC(=O)O)C(=O)O)C(C)OC.[Na].[Na]. The molecule has 0 heterocycles. The maximum absolute atomic E-state index is 11.0. The van der Waals surface area contributed by atoms with Crippen LogP contribution in [0.2, 0.25) is 0 Å². The Bertz CT molecular complexity index is 308. The molecule has 0 saturated heterocycles. The van der Waals surface area contributed by atoms with Crippen LogP contribution in [-0.4, -0.2) is 131 Å². The summed E-state index contributed by atoms with van der Waals surface area (Å²) >= 11 is 0. The van der Waals surface area contributed by atoms with Crippen molar-refractivity contribution < 1.29 is 24.5 Å². The van der Waals surface area contributed by atoms with E-state index in [4.69, 9.17) is 14.9 Å². The maximum Gasteiger partial charge on any atom is 0.407 e. The Hall–Kier alpha value is 0.660. The van der Waals surface area contributed by atoms with Gasteiger partial charge in [0.1, 0.15) is 12.8 Å². The maximum atomic E-state index is 11.0. The van der Waals surface area contributed by atoms with Crippen molar-refractivity contribution in [2.45, 2.75) is 39.3 Å². The first kappa shape index (κ1) is 27.5. The fourth-order valence-corrected chi connectivity index (χ4v) is 1.84. The van der Waals surface area contributed by atoms with E-state index in [1.54, 1.807) is 7.11 Å². The van der Waals surface area contributed by atoms with Gasteiger partial charge in [0.25, 0.3) is 0 Å². The third-order valence-electron chi connectivity index (χ3n) is 3.16. The van der Waals surface area contributed by atoms with Crippen LogP contribution in [0.15, 0.2) is 0 Å². The van der Waals surface area contributed by atoms with Gasteiger partial charge in [0, 0.05) is 85.9 Å². The van der Waals surface area contributed by atoms with Crippen LogP contribution in [0.4, 0.5) is 4.79 Å². The Labute approximate surface area is 176 Å². The fraction of sp³-hybridized carbons (Fsp3) is 0.846. The molecule has 0 aromatic rings. The van der Waals surface area contributed by atoms with Crippen molar-refractivity contribution in [3.63, 3.8) is 0 Å². The molecule has 0 aromatic carbocycles. The van der Waals surface area contributed by atoms with Crippen LogP contribution in [0.25, 0.3) is 0 Å². The molecule has 0 spiro atoms. The molecule has 7 nitrogen and oxygen atoms in total. The summed E-state index contributed by atoms with van der Waals surface area (Å²) in [5.74, 6) is -1.15. The average molecular weight is 336 g/mol. The zero-order chi connectivity index (χ0) is 15.5. The van der Waals surface area contributed by atoms with Crippen molar-refractivity contribution in [1.82, 2.24) is 9.80 Å². The summed E-state index contributed by atoms with van der Waals surface area (Å²) in [5, 5.41) is 17.6. The molecule has 0 rings (SSSR count). The molecule has 9 heteroatoms. The van der Waals surface area contributed by atoms with Crippen molar-refractivity contribution in [1.29, 1.82) is 0 Å². The Morgan fingerprint density at radius 2 is 1.68 bits per heavy atom. The first-order valence-corrected chi connectivity index (χ1v) is 6.88. The fourth-order valence-electron chi connectivity index (χ4n) is 1.84. The van der Waals surface area contributed by atoms with E-state index in [2.05, 4.69) is 6.92 Å². The number of carboxylic acid groups (broad SMARTS) is 2. The van der Waals surface area contributed by atoms with Gasteiger partial charge >= 0.3 is 12.1 Å². The summed E-state index contributed by atoms with van der Waals surface area (Å²) in [4.78, 5) is 24.5.